The lowest BCUT2D eigenvalue weighted by Crippen LogP contribution is -2.40. The Kier molecular flexibility index (Phi) is 7.87. The molecule has 1 aromatic carbocycles. The van der Waals surface area contributed by atoms with E-state index in [-0.39, 0.29) is 12.2 Å². The number of anilines is 1. The van der Waals surface area contributed by atoms with E-state index in [1.807, 2.05) is 51.0 Å². The van der Waals surface area contributed by atoms with E-state index >= 15 is 0 Å². The number of benzene rings is 1. The van der Waals surface area contributed by atoms with Gasteiger partial charge in [0.1, 0.15) is 5.76 Å². The number of fused-ring (bicyclic) bond motifs is 1. The fourth-order valence-corrected chi connectivity index (χ4v) is 5.16. The van der Waals surface area contributed by atoms with Gasteiger partial charge in [-0.25, -0.2) is 9.79 Å². The van der Waals surface area contributed by atoms with E-state index in [0.717, 1.165) is 0 Å². The SMILES string of the molecule is CCOC(=O)C1=C(C)N=c2s/c(=C\c3ccc(N(C)C)o3)c(=O)n2C1c1ccc(OCC)c(OCC)c1. The number of carbonyl (C=O) groups excluding carboxylic acids is 1. The van der Waals surface area contributed by atoms with Crippen molar-refractivity contribution in [3.05, 3.63) is 72.6 Å². The summed E-state index contributed by atoms with van der Waals surface area (Å²) in [5, 5.41) is 0. The van der Waals surface area contributed by atoms with Crippen molar-refractivity contribution < 1.29 is 23.4 Å². The predicted molar refractivity (Wildman–Crippen MR) is 142 cm³/mol. The molecule has 0 saturated heterocycles. The molecular formula is C27H31N3O6S. The normalized spacial score (nSPS) is 15.3. The fourth-order valence-electron chi connectivity index (χ4n) is 4.13. The lowest BCUT2D eigenvalue weighted by atomic mass is 9.95. The molecule has 1 atom stereocenters. The Morgan fingerprint density at radius 3 is 2.49 bits per heavy atom. The summed E-state index contributed by atoms with van der Waals surface area (Å²) in [7, 11) is 3.76. The molecule has 37 heavy (non-hydrogen) atoms. The Morgan fingerprint density at radius 1 is 1.11 bits per heavy atom. The Hall–Kier alpha value is -3.79. The topological polar surface area (TPSA) is 95.5 Å². The Labute approximate surface area is 218 Å². The van der Waals surface area contributed by atoms with E-state index in [0.29, 0.717) is 62.5 Å². The number of allylic oxidation sites excluding steroid dienone is 1. The van der Waals surface area contributed by atoms with E-state index in [2.05, 4.69) is 4.99 Å². The highest BCUT2D eigenvalue weighted by Gasteiger charge is 2.34. The highest BCUT2D eigenvalue weighted by atomic mass is 32.1. The number of rotatable bonds is 9. The summed E-state index contributed by atoms with van der Waals surface area (Å²) in [6, 6.07) is 8.34. The first kappa shape index (κ1) is 26.3. The minimum Gasteiger partial charge on any atom is -0.490 e. The van der Waals surface area contributed by atoms with Crippen LogP contribution in [0.3, 0.4) is 0 Å². The van der Waals surface area contributed by atoms with Crippen LogP contribution in [-0.2, 0) is 9.53 Å². The van der Waals surface area contributed by atoms with E-state index in [1.54, 1.807) is 32.1 Å². The van der Waals surface area contributed by atoms with Crippen molar-refractivity contribution in [2.75, 3.05) is 38.8 Å². The first-order chi connectivity index (χ1) is 17.8. The van der Waals surface area contributed by atoms with Crippen LogP contribution in [-0.4, -0.2) is 44.5 Å². The summed E-state index contributed by atoms with van der Waals surface area (Å²) < 4.78 is 24.7. The second-order valence-corrected chi connectivity index (χ2v) is 9.45. The molecule has 9 nitrogen and oxygen atoms in total. The molecule has 0 radical (unpaired) electrons. The van der Waals surface area contributed by atoms with Crippen LogP contribution in [0, 0.1) is 0 Å². The van der Waals surface area contributed by atoms with Gasteiger partial charge in [0.05, 0.1) is 41.7 Å². The number of carbonyl (C=O) groups is 1. The Balaban J connectivity index is 1.93. The van der Waals surface area contributed by atoms with Gasteiger partial charge in [-0.05, 0) is 51.5 Å². The number of esters is 1. The van der Waals surface area contributed by atoms with Crippen LogP contribution in [0.4, 0.5) is 5.88 Å². The number of hydrogen-bond acceptors (Lipinski definition) is 9. The van der Waals surface area contributed by atoms with Crippen molar-refractivity contribution in [3.8, 4) is 11.5 Å². The molecule has 1 aliphatic heterocycles. The molecule has 3 aromatic rings. The molecule has 10 heteroatoms. The van der Waals surface area contributed by atoms with Gasteiger partial charge in [-0.15, -0.1) is 0 Å². The van der Waals surface area contributed by atoms with Crippen LogP contribution in [0.25, 0.3) is 6.08 Å². The van der Waals surface area contributed by atoms with Gasteiger partial charge in [-0.3, -0.25) is 9.36 Å². The zero-order valence-electron chi connectivity index (χ0n) is 21.9. The second-order valence-electron chi connectivity index (χ2n) is 8.44. The zero-order chi connectivity index (χ0) is 26.7. The smallest absolute Gasteiger partial charge is 0.338 e. The number of furan rings is 1. The third-order valence-electron chi connectivity index (χ3n) is 5.73. The predicted octanol–water partition coefficient (Wildman–Crippen LogP) is 3.25. The van der Waals surface area contributed by atoms with Crippen LogP contribution in [0.2, 0.25) is 0 Å². The monoisotopic (exact) mass is 525 g/mol. The molecule has 196 valence electrons. The minimum absolute atomic E-state index is 0.201. The fraction of sp³-hybridized carbons (Fsp3) is 0.370. The number of ether oxygens (including phenoxy) is 3. The Bertz CT molecular complexity index is 1510. The van der Waals surface area contributed by atoms with Gasteiger partial charge in [0.2, 0.25) is 0 Å². The number of aromatic nitrogens is 1. The van der Waals surface area contributed by atoms with Gasteiger partial charge >= 0.3 is 5.97 Å². The van der Waals surface area contributed by atoms with E-state index in [4.69, 9.17) is 18.6 Å². The van der Waals surface area contributed by atoms with E-state index < -0.39 is 12.0 Å². The lowest BCUT2D eigenvalue weighted by molar-refractivity contribution is -0.139. The highest BCUT2D eigenvalue weighted by Crippen LogP contribution is 2.36. The highest BCUT2D eigenvalue weighted by molar-refractivity contribution is 7.07. The molecule has 0 spiro atoms. The molecule has 1 unspecified atom stereocenters. The van der Waals surface area contributed by atoms with Gasteiger partial charge in [-0.1, -0.05) is 17.4 Å². The second kappa shape index (κ2) is 11.1. The molecule has 4 rings (SSSR count). The molecule has 0 aliphatic carbocycles. The summed E-state index contributed by atoms with van der Waals surface area (Å²) >= 11 is 1.24. The van der Waals surface area contributed by atoms with Crippen molar-refractivity contribution in [2.45, 2.75) is 33.7 Å². The van der Waals surface area contributed by atoms with Gasteiger partial charge in [-0.2, -0.15) is 0 Å². The average Bonchev–Trinajstić information content (AvgIpc) is 3.44. The van der Waals surface area contributed by atoms with Crippen molar-refractivity contribution in [1.29, 1.82) is 0 Å². The van der Waals surface area contributed by atoms with Gasteiger partial charge in [0.25, 0.3) is 5.56 Å². The Morgan fingerprint density at radius 2 is 1.84 bits per heavy atom. The van der Waals surface area contributed by atoms with Crippen molar-refractivity contribution >= 4 is 29.3 Å². The third kappa shape index (κ3) is 5.20. The van der Waals surface area contributed by atoms with Crippen LogP contribution in [0.1, 0.15) is 45.1 Å². The first-order valence-electron chi connectivity index (χ1n) is 12.1. The molecule has 1 aliphatic rings. The number of nitrogens with zero attached hydrogens (tertiary/aromatic N) is 3. The largest absolute Gasteiger partial charge is 0.490 e. The van der Waals surface area contributed by atoms with Crippen LogP contribution in [0.15, 0.2) is 55.8 Å². The van der Waals surface area contributed by atoms with E-state index in [9.17, 15) is 9.59 Å². The number of hydrogen-bond donors (Lipinski definition) is 0. The molecule has 0 N–H and O–H groups in total. The first-order valence-corrected chi connectivity index (χ1v) is 13.0. The van der Waals surface area contributed by atoms with Crippen molar-refractivity contribution in [2.24, 2.45) is 4.99 Å². The average molecular weight is 526 g/mol. The van der Waals surface area contributed by atoms with Gasteiger partial charge in [0, 0.05) is 26.2 Å². The standard InChI is InChI=1S/C27H31N3O6S/c1-7-33-19-12-10-17(14-20(19)34-8-2)24-23(26(32)35-9-3)16(4)28-27-30(24)25(31)21(37-27)15-18-11-13-22(36-18)29(5)6/h10-15,24H,7-9H2,1-6H3/b21-15-. The van der Waals surface area contributed by atoms with Crippen molar-refractivity contribution in [3.63, 3.8) is 0 Å². The summed E-state index contributed by atoms with van der Waals surface area (Å²) in [4.78, 5) is 33.8. The molecule has 0 fully saturated rings. The molecule has 3 heterocycles. The maximum atomic E-state index is 13.8. The molecule has 0 amide bonds. The van der Waals surface area contributed by atoms with E-state index in [1.165, 1.54) is 15.9 Å². The molecule has 0 bridgehead atoms. The quantitative estimate of drug-likeness (QED) is 0.396. The molecular weight excluding hydrogens is 494 g/mol. The molecule has 0 saturated carbocycles. The van der Waals surface area contributed by atoms with Gasteiger partial charge < -0.3 is 23.5 Å². The summed E-state index contributed by atoms with van der Waals surface area (Å²) in [6.07, 6.45) is 1.70. The zero-order valence-corrected chi connectivity index (χ0v) is 22.7. The number of thiazole rings is 1. The van der Waals surface area contributed by atoms with Crippen molar-refractivity contribution in [1.82, 2.24) is 4.57 Å². The lowest BCUT2D eigenvalue weighted by Gasteiger charge is -2.25. The minimum atomic E-state index is -0.749. The van der Waals surface area contributed by atoms with Crippen LogP contribution in [0.5, 0.6) is 11.5 Å². The van der Waals surface area contributed by atoms with Gasteiger partial charge in [0.15, 0.2) is 22.2 Å². The summed E-state index contributed by atoms with van der Waals surface area (Å²) in [6.45, 7) is 8.39. The maximum absolute atomic E-state index is 13.8. The maximum Gasteiger partial charge on any atom is 0.338 e. The summed E-state index contributed by atoms with van der Waals surface area (Å²) in [5.74, 6) is 1.83. The van der Waals surface area contributed by atoms with Crippen LogP contribution >= 0.6 is 11.3 Å². The summed E-state index contributed by atoms with van der Waals surface area (Å²) in [5.41, 5.74) is 1.21. The molecule has 2 aromatic heterocycles. The van der Waals surface area contributed by atoms with Crippen LogP contribution < -0.4 is 29.3 Å². The third-order valence-corrected chi connectivity index (χ3v) is 6.71.